The summed E-state index contributed by atoms with van der Waals surface area (Å²) in [5, 5.41) is 0. The third-order valence-corrected chi connectivity index (χ3v) is 4.41. The van der Waals surface area contributed by atoms with Crippen LogP contribution in [0.5, 0.6) is 0 Å². The van der Waals surface area contributed by atoms with E-state index >= 15 is 0 Å². The largest absolute Gasteiger partial charge is 0.338 e. The molecule has 1 aliphatic heterocycles. The van der Waals surface area contributed by atoms with E-state index in [2.05, 4.69) is 0 Å². The number of hydrogen-bond acceptors (Lipinski definition) is 2. The molecule has 5 heteroatoms. The van der Waals surface area contributed by atoms with Gasteiger partial charge in [0.15, 0.2) is 0 Å². The molecule has 3 unspecified atom stereocenters. The Balaban J connectivity index is 1.74. The van der Waals surface area contributed by atoms with Crippen molar-refractivity contribution in [2.45, 2.75) is 31.2 Å². The van der Waals surface area contributed by atoms with E-state index in [0.717, 1.165) is 12.8 Å². The number of amides is 1. The van der Waals surface area contributed by atoms with Crippen molar-refractivity contribution in [2.24, 2.45) is 11.7 Å². The van der Waals surface area contributed by atoms with Gasteiger partial charge in [-0.15, -0.1) is 0 Å². The summed E-state index contributed by atoms with van der Waals surface area (Å²) < 4.78 is 27.4. The van der Waals surface area contributed by atoms with Gasteiger partial charge in [0.25, 0.3) is 0 Å². The Morgan fingerprint density at radius 1 is 1.35 bits per heavy atom. The molecular formula is C15H18F2N2O. The van der Waals surface area contributed by atoms with E-state index in [1.54, 1.807) is 4.90 Å². The van der Waals surface area contributed by atoms with E-state index in [1.807, 2.05) is 0 Å². The number of likely N-dealkylation sites (tertiary alicyclic amines) is 1. The summed E-state index contributed by atoms with van der Waals surface area (Å²) in [5.74, 6) is -1.70. The molecule has 0 radical (unpaired) electrons. The topological polar surface area (TPSA) is 46.3 Å². The Morgan fingerprint density at radius 3 is 2.70 bits per heavy atom. The third kappa shape index (κ3) is 2.20. The summed E-state index contributed by atoms with van der Waals surface area (Å²) in [7, 11) is 0. The monoisotopic (exact) mass is 280 g/mol. The molecule has 108 valence electrons. The molecule has 1 aromatic carbocycles. The second-order valence-corrected chi connectivity index (χ2v) is 5.65. The predicted molar refractivity (Wildman–Crippen MR) is 71.0 cm³/mol. The number of carbonyl (C=O) groups is 1. The van der Waals surface area contributed by atoms with Gasteiger partial charge < -0.3 is 10.6 Å². The highest BCUT2D eigenvalue weighted by molar-refractivity contribution is 5.83. The molecule has 0 bridgehead atoms. The first-order chi connectivity index (χ1) is 9.63. The van der Waals surface area contributed by atoms with E-state index < -0.39 is 11.6 Å². The lowest BCUT2D eigenvalue weighted by atomic mass is 10.1. The minimum Gasteiger partial charge on any atom is -0.338 e. The van der Waals surface area contributed by atoms with Crippen LogP contribution < -0.4 is 5.73 Å². The zero-order valence-electron chi connectivity index (χ0n) is 11.2. The second-order valence-electron chi connectivity index (χ2n) is 5.65. The van der Waals surface area contributed by atoms with Gasteiger partial charge >= 0.3 is 0 Å². The number of nitrogens with two attached hydrogens (primary N) is 1. The van der Waals surface area contributed by atoms with E-state index in [1.165, 1.54) is 18.2 Å². The molecular weight excluding hydrogens is 262 g/mol. The molecule has 1 aliphatic carbocycles. The molecule has 0 spiro atoms. The maximum Gasteiger partial charge on any atom is 0.226 e. The van der Waals surface area contributed by atoms with Crippen molar-refractivity contribution in [3.05, 3.63) is 35.4 Å². The fourth-order valence-corrected chi connectivity index (χ4v) is 3.24. The zero-order chi connectivity index (χ0) is 14.3. The highest BCUT2D eigenvalue weighted by Gasteiger charge is 2.49. The highest BCUT2D eigenvalue weighted by Crippen LogP contribution is 2.50. The number of carbonyl (C=O) groups excluding carboxylic acids is 1. The Kier molecular flexibility index (Phi) is 3.46. The van der Waals surface area contributed by atoms with Crippen molar-refractivity contribution in [3.63, 3.8) is 0 Å². The van der Waals surface area contributed by atoms with Crippen LogP contribution in [0, 0.1) is 17.6 Å². The number of nitrogens with zero attached hydrogens (tertiary/aromatic N) is 1. The van der Waals surface area contributed by atoms with Crippen molar-refractivity contribution >= 4 is 5.91 Å². The maximum atomic E-state index is 13.7. The van der Waals surface area contributed by atoms with E-state index in [9.17, 15) is 13.6 Å². The molecule has 1 heterocycles. The van der Waals surface area contributed by atoms with Crippen LogP contribution in [0.15, 0.2) is 18.2 Å². The van der Waals surface area contributed by atoms with Crippen LogP contribution in [0.2, 0.25) is 0 Å². The summed E-state index contributed by atoms with van der Waals surface area (Å²) in [6.45, 7) is 1.17. The van der Waals surface area contributed by atoms with Crippen molar-refractivity contribution in [2.75, 3.05) is 13.1 Å². The average Bonchev–Trinajstić information content (AvgIpc) is 3.05. The number of benzene rings is 1. The van der Waals surface area contributed by atoms with Crippen molar-refractivity contribution in [1.29, 1.82) is 0 Å². The lowest BCUT2D eigenvalue weighted by Crippen LogP contribution is -2.40. The second kappa shape index (κ2) is 5.13. The lowest BCUT2D eigenvalue weighted by Gasteiger charge is -2.23. The molecule has 1 aromatic rings. The first-order valence-corrected chi connectivity index (χ1v) is 7.08. The Labute approximate surface area is 116 Å². The first kappa shape index (κ1) is 13.5. The maximum absolute atomic E-state index is 13.7. The summed E-state index contributed by atoms with van der Waals surface area (Å²) in [4.78, 5) is 14.2. The van der Waals surface area contributed by atoms with Gasteiger partial charge in [-0.1, -0.05) is 6.07 Å². The number of halogens is 2. The summed E-state index contributed by atoms with van der Waals surface area (Å²) in [5.41, 5.74) is 5.73. The molecule has 2 N–H and O–H groups in total. The minimum absolute atomic E-state index is 0.00519. The number of hydrogen-bond donors (Lipinski definition) is 1. The van der Waals surface area contributed by atoms with Crippen LogP contribution in [0.1, 0.15) is 30.7 Å². The van der Waals surface area contributed by atoms with Gasteiger partial charge in [-0.05, 0) is 31.4 Å². The highest BCUT2D eigenvalue weighted by atomic mass is 19.1. The summed E-state index contributed by atoms with van der Waals surface area (Å²) >= 11 is 0. The fraction of sp³-hybridized carbons (Fsp3) is 0.533. The minimum atomic E-state index is -0.554. The Bertz CT molecular complexity index is 514. The van der Waals surface area contributed by atoms with Crippen LogP contribution in [0.3, 0.4) is 0 Å². The fourth-order valence-electron chi connectivity index (χ4n) is 3.24. The standard InChI is InChI=1S/C15H18F2N2O/c16-12-4-1-5-13(17)14(12)10-7-11(10)15(20)19-6-2-3-9(19)8-18/h1,4-5,9-11H,2-3,6-8,18H2. The molecule has 20 heavy (non-hydrogen) atoms. The van der Waals surface area contributed by atoms with Gasteiger partial charge in [-0.25, -0.2) is 8.78 Å². The molecule has 3 nitrogen and oxygen atoms in total. The molecule has 2 fully saturated rings. The molecule has 0 aromatic heterocycles. The molecule has 1 saturated carbocycles. The molecule has 2 aliphatic rings. The van der Waals surface area contributed by atoms with Crippen LogP contribution >= 0.6 is 0 Å². The average molecular weight is 280 g/mol. The van der Waals surface area contributed by atoms with Gasteiger partial charge in [0.05, 0.1) is 0 Å². The van der Waals surface area contributed by atoms with E-state index in [0.29, 0.717) is 19.5 Å². The molecule has 1 saturated heterocycles. The van der Waals surface area contributed by atoms with Gasteiger partial charge in [-0.3, -0.25) is 4.79 Å². The van der Waals surface area contributed by atoms with Crippen molar-refractivity contribution < 1.29 is 13.6 Å². The van der Waals surface area contributed by atoms with Gasteiger partial charge in [0.2, 0.25) is 5.91 Å². The SMILES string of the molecule is NCC1CCCN1C(=O)C1CC1c1c(F)cccc1F. The van der Waals surface area contributed by atoms with Crippen LogP contribution in [0.25, 0.3) is 0 Å². The molecule has 3 rings (SSSR count). The smallest absolute Gasteiger partial charge is 0.226 e. The molecule has 3 atom stereocenters. The van der Waals surface area contributed by atoms with Gasteiger partial charge in [0, 0.05) is 36.5 Å². The van der Waals surface area contributed by atoms with E-state index in [-0.39, 0.29) is 29.3 Å². The van der Waals surface area contributed by atoms with Gasteiger partial charge in [-0.2, -0.15) is 0 Å². The zero-order valence-corrected chi connectivity index (χ0v) is 11.2. The Morgan fingerprint density at radius 2 is 2.05 bits per heavy atom. The molecule has 1 amide bonds. The van der Waals surface area contributed by atoms with Crippen molar-refractivity contribution in [1.82, 2.24) is 4.90 Å². The van der Waals surface area contributed by atoms with Crippen LogP contribution in [0.4, 0.5) is 8.78 Å². The first-order valence-electron chi connectivity index (χ1n) is 7.08. The predicted octanol–water partition coefficient (Wildman–Crippen LogP) is 2.02. The third-order valence-electron chi connectivity index (χ3n) is 4.41. The Hall–Kier alpha value is -1.49. The summed E-state index contributed by atoms with van der Waals surface area (Å²) in [6, 6.07) is 3.93. The van der Waals surface area contributed by atoms with Crippen LogP contribution in [-0.2, 0) is 4.79 Å². The van der Waals surface area contributed by atoms with E-state index in [4.69, 9.17) is 5.73 Å². The van der Waals surface area contributed by atoms with Crippen molar-refractivity contribution in [3.8, 4) is 0 Å². The lowest BCUT2D eigenvalue weighted by molar-refractivity contribution is -0.133. The number of rotatable bonds is 3. The summed E-state index contributed by atoms with van der Waals surface area (Å²) in [6.07, 6.45) is 2.41. The van der Waals surface area contributed by atoms with Gasteiger partial charge in [0.1, 0.15) is 11.6 Å². The quantitative estimate of drug-likeness (QED) is 0.920. The normalized spacial score (nSPS) is 28.8. The van der Waals surface area contributed by atoms with Crippen LogP contribution in [-0.4, -0.2) is 29.9 Å².